The predicted molar refractivity (Wildman–Crippen MR) is 74.2 cm³/mol. The van der Waals surface area contributed by atoms with Crippen molar-refractivity contribution in [3.05, 3.63) is 46.3 Å². The number of nitrogens with zero attached hydrogens (tertiary/aromatic N) is 1. The Hall–Kier alpha value is -2.15. The second-order valence-corrected chi connectivity index (χ2v) is 4.66. The number of aromatic nitrogens is 1. The van der Waals surface area contributed by atoms with Gasteiger partial charge < -0.3 is 15.2 Å². The van der Waals surface area contributed by atoms with Crippen molar-refractivity contribution in [1.29, 1.82) is 0 Å². The van der Waals surface area contributed by atoms with Crippen LogP contribution in [0, 0.1) is 5.82 Å². The Labute approximate surface area is 122 Å². The zero-order valence-electron chi connectivity index (χ0n) is 10.4. The molecular weight excluding hydrogens is 331 g/mol. The number of methoxy groups -OCH3 is 1. The standard InChI is InChI=1S/C13H10BrFN2O3/c1-19-13(18)8-4-5-17-12(11(8)16)20-10-3-2-7(14)6-9(10)15/h2-6H,16H2,1H3. The van der Waals surface area contributed by atoms with Crippen LogP contribution in [-0.4, -0.2) is 18.1 Å². The van der Waals surface area contributed by atoms with E-state index in [-0.39, 0.29) is 22.9 Å². The van der Waals surface area contributed by atoms with Gasteiger partial charge in [0.2, 0.25) is 5.88 Å². The first-order valence-corrected chi connectivity index (χ1v) is 6.28. The van der Waals surface area contributed by atoms with Crippen molar-refractivity contribution >= 4 is 27.6 Å². The van der Waals surface area contributed by atoms with Crippen molar-refractivity contribution in [2.75, 3.05) is 12.8 Å². The van der Waals surface area contributed by atoms with Gasteiger partial charge in [-0.3, -0.25) is 0 Å². The maximum Gasteiger partial charge on any atom is 0.340 e. The Kier molecular flexibility index (Phi) is 4.19. The Morgan fingerprint density at radius 1 is 1.40 bits per heavy atom. The Bertz CT molecular complexity index is 664. The van der Waals surface area contributed by atoms with Crippen molar-refractivity contribution < 1.29 is 18.7 Å². The average molecular weight is 341 g/mol. The fraction of sp³-hybridized carbons (Fsp3) is 0.0769. The molecule has 0 aliphatic heterocycles. The van der Waals surface area contributed by atoms with E-state index in [9.17, 15) is 9.18 Å². The molecular formula is C13H10BrFN2O3. The molecule has 2 rings (SSSR count). The van der Waals surface area contributed by atoms with Crippen molar-refractivity contribution in [1.82, 2.24) is 4.98 Å². The van der Waals surface area contributed by atoms with Gasteiger partial charge >= 0.3 is 5.97 Å². The summed E-state index contributed by atoms with van der Waals surface area (Å²) >= 11 is 3.14. The molecule has 0 saturated heterocycles. The van der Waals surface area contributed by atoms with E-state index in [4.69, 9.17) is 10.5 Å². The fourth-order valence-corrected chi connectivity index (χ4v) is 1.82. The lowest BCUT2D eigenvalue weighted by atomic mass is 10.2. The number of anilines is 1. The van der Waals surface area contributed by atoms with Gasteiger partial charge in [0.1, 0.15) is 5.69 Å². The quantitative estimate of drug-likeness (QED) is 0.868. The number of ether oxygens (including phenoxy) is 2. The molecule has 0 saturated carbocycles. The van der Waals surface area contributed by atoms with Gasteiger partial charge in [-0.15, -0.1) is 0 Å². The number of halogens is 2. The van der Waals surface area contributed by atoms with Crippen molar-refractivity contribution in [3.8, 4) is 11.6 Å². The highest BCUT2D eigenvalue weighted by Crippen LogP contribution is 2.30. The highest BCUT2D eigenvalue weighted by atomic mass is 79.9. The summed E-state index contributed by atoms with van der Waals surface area (Å²) < 4.78 is 24.1. The van der Waals surface area contributed by atoms with E-state index in [2.05, 4.69) is 25.7 Å². The molecule has 2 aromatic rings. The van der Waals surface area contributed by atoms with Gasteiger partial charge in [-0.25, -0.2) is 14.2 Å². The van der Waals surface area contributed by atoms with Crippen molar-refractivity contribution in [3.63, 3.8) is 0 Å². The van der Waals surface area contributed by atoms with Gasteiger partial charge in [-0.05, 0) is 24.3 Å². The summed E-state index contributed by atoms with van der Waals surface area (Å²) in [5.74, 6) is -1.31. The van der Waals surface area contributed by atoms with Crippen LogP contribution in [0.15, 0.2) is 34.9 Å². The first-order valence-electron chi connectivity index (χ1n) is 5.48. The monoisotopic (exact) mass is 340 g/mol. The van der Waals surface area contributed by atoms with Crippen molar-refractivity contribution in [2.45, 2.75) is 0 Å². The first-order chi connectivity index (χ1) is 9.52. The summed E-state index contributed by atoms with van der Waals surface area (Å²) in [5.41, 5.74) is 5.86. The van der Waals surface area contributed by atoms with E-state index in [0.29, 0.717) is 4.47 Å². The topological polar surface area (TPSA) is 74.4 Å². The fourth-order valence-electron chi connectivity index (χ4n) is 1.49. The number of esters is 1. The van der Waals surface area contributed by atoms with Crippen LogP contribution in [0.5, 0.6) is 11.6 Å². The molecule has 7 heteroatoms. The van der Waals surface area contributed by atoms with Crippen LogP contribution >= 0.6 is 15.9 Å². The number of pyridine rings is 1. The third-order valence-corrected chi connectivity index (χ3v) is 2.95. The summed E-state index contributed by atoms with van der Waals surface area (Å²) in [6, 6.07) is 5.67. The van der Waals surface area contributed by atoms with Gasteiger partial charge in [0.05, 0.1) is 12.7 Å². The summed E-state index contributed by atoms with van der Waals surface area (Å²) in [6.07, 6.45) is 1.33. The Balaban J connectivity index is 2.37. The second-order valence-electron chi connectivity index (χ2n) is 3.75. The van der Waals surface area contributed by atoms with Crippen LogP contribution in [0.2, 0.25) is 0 Å². The lowest BCUT2D eigenvalue weighted by Crippen LogP contribution is -2.07. The number of carbonyl (C=O) groups excluding carboxylic acids is 1. The second kappa shape index (κ2) is 5.87. The highest BCUT2D eigenvalue weighted by molar-refractivity contribution is 9.10. The highest BCUT2D eigenvalue weighted by Gasteiger charge is 2.16. The minimum atomic E-state index is -0.619. The third-order valence-electron chi connectivity index (χ3n) is 2.46. The number of rotatable bonds is 3. The number of nitrogens with two attached hydrogens (primary N) is 1. The van der Waals surface area contributed by atoms with Crippen LogP contribution in [0.1, 0.15) is 10.4 Å². The lowest BCUT2D eigenvalue weighted by Gasteiger charge is -2.10. The van der Waals surface area contributed by atoms with Crippen LogP contribution in [0.25, 0.3) is 0 Å². The molecule has 104 valence electrons. The van der Waals surface area contributed by atoms with Gasteiger partial charge in [0.25, 0.3) is 0 Å². The molecule has 0 amide bonds. The Morgan fingerprint density at radius 2 is 2.15 bits per heavy atom. The molecule has 0 aliphatic rings. The maximum absolute atomic E-state index is 13.7. The van der Waals surface area contributed by atoms with Gasteiger partial charge in [-0.1, -0.05) is 15.9 Å². The average Bonchev–Trinajstić information content (AvgIpc) is 2.43. The van der Waals surface area contributed by atoms with Gasteiger partial charge in [0.15, 0.2) is 11.6 Å². The first kappa shape index (κ1) is 14.3. The molecule has 20 heavy (non-hydrogen) atoms. The molecule has 0 spiro atoms. The molecule has 1 aromatic carbocycles. The molecule has 0 aliphatic carbocycles. The third kappa shape index (κ3) is 2.88. The molecule has 0 bridgehead atoms. The van der Waals surface area contributed by atoms with E-state index < -0.39 is 11.8 Å². The van der Waals surface area contributed by atoms with E-state index in [0.717, 1.165) is 0 Å². The smallest absolute Gasteiger partial charge is 0.340 e. The van der Waals surface area contributed by atoms with Crippen LogP contribution < -0.4 is 10.5 Å². The van der Waals surface area contributed by atoms with E-state index in [1.165, 1.54) is 31.5 Å². The molecule has 0 atom stereocenters. The predicted octanol–water partition coefficient (Wildman–Crippen LogP) is 3.14. The Morgan fingerprint density at radius 3 is 2.80 bits per heavy atom. The summed E-state index contributed by atoms with van der Waals surface area (Å²) in [6.45, 7) is 0. The van der Waals surface area contributed by atoms with Gasteiger partial charge in [-0.2, -0.15) is 0 Å². The number of nitrogen functional groups attached to an aromatic ring is 1. The minimum absolute atomic E-state index is 0.0123. The normalized spacial score (nSPS) is 10.2. The minimum Gasteiger partial charge on any atom is -0.465 e. The lowest BCUT2D eigenvalue weighted by molar-refractivity contribution is 0.0601. The molecule has 2 N–H and O–H groups in total. The summed E-state index contributed by atoms with van der Waals surface area (Å²) in [4.78, 5) is 15.4. The number of hydrogen-bond donors (Lipinski definition) is 1. The number of benzene rings is 1. The molecule has 5 nitrogen and oxygen atoms in total. The van der Waals surface area contributed by atoms with Gasteiger partial charge in [0, 0.05) is 10.7 Å². The van der Waals surface area contributed by atoms with Crippen LogP contribution in [0.4, 0.5) is 10.1 Å². The molecule has 1 heterocycles. The molecule has 0 radical (unpaired) electrons. The van der Waals surface area contributed by atoms with E-state index in [1.54, 1.807) is 6.07 Å². The maximum atomic E-state index is 13.7. The zero-order chi connectivity index (χ0) is 14.7. The van der Waals surface area contributed by atoms with Crippen LogP contribution in [-0.2, 0) is 4.74 Å². The van der Waals surface area contributed by atoms with Crippen molar-refractivity contribution in [2.24, 2.45) is 0 Å². The summed E-state index contributed by atoms with van der Waals surface area (Å²) in [7, 11) is 1.23. The molecule has 1 aromatic heterocycles. The van der Waals surface area contributed by atoms with E-state index in [1.807, 2.05) is 0 Å². The van der Waals surface area contributed by atoms with Crippen LogP contribution in [0.3, 0.4) is 0 Å². The summed E-state index contributed by atoms with van der Waals surface area (Å²) in [5, 5.41) is 0. The van der Waals surface area contributed by atoms with E-state index >= 15 is 0 Å². The number of carbonyl (C=O) groups is 1. The zero-order valence-corrected chi connectivity index (χ0v) is 12.0. The molecule has 0 fully saturated rings. The number of hydrogen-bond acceptors (Lipinski definition) is 5. The largest absolute Gasteiger partial charge is 0.465 e. The SMILES string of the molecule is COC(=O)c1ccnc(Oc2ccc(Br)cc2F)c1N. The molecule has 0 unspecified atom stereocenters.